The van der Waals surface area contributed by atoms with Crippen molar-refractivity contribution in [3.05, 3.63) is 64.8 Å². The van der Waals surface area contributed by atoms with E-state index in [9.17, 15) is 4.79 Å². The first-order chi connectivity index (χ1) is 13.1. The van der Waals surface area contributed by atoms with E-state index in [0.29, 0.717) is 23.5 Å². The third-order valence-electron chi connectivity index (χ3n) is 4.42. The smallest absolute Gasteiger partial charge is 0.330 e. The quantitative estimate of drug-likeness (QED) is 0.576. The third-order valence-corrected chi connectivity index (χ3v) is 4.71. The Bertz CT molecular complexity index is 795. The summed E-state index contributed by atoms with van der Waals surface area (Å²) in [5.74, 6) is 0.303. The number of esters is 1. The Morgan fingerprint density at radius 1 is 1.41 bits per heavy atom. The van der Waals surface area contributed by atoms with E-state index in [0.717, 1.165) is 31.6 Å². The molecule has 1 aliphatic rings. The number of benzene rings is 1. The van der Waals surface area contributed by atoms with E-state index >= 15 is 0 Å². The van der Waals surface area contributed by atoms with Gasteiger partial charge in [0.25, 0.3) is 0 Å². The number of nitrogens with zero attached hydrogens (tertiary/aromatic N) is 2. The van der Waals surface area contributed by atoms with Crippen LogP contribution in [0.5, 0.6) is 0 Å². The first kappa shape index (κ1) is 19.4. The number of pyridine rings is 1. The van der Waals surface area contributed by atoms with E-state index in [2.05, 4.69) is 39.5 Å². The van der Waals surface area contributed by atoms with Crippen molar-refractivity contribution < 1.29 is 9.53 Å². The van der Waals surface area contributed by atoms with Gasteiger partial charge in [-0.05, 0) is 36.6 Å². The van der Waals surface area contributed by atoms with Crippen molar-refractivity contribution in [1.29, 1.82) is 0 Å². The Hall–Kier alpha value is -2.37. The summed E-state index contributed by atoms with van der Waals surface area (Å²) in [7, 11) is 0. The summed E-state index contributed by atoms with van der Waals surface area (Å²) in [5, 5.41) is 3.98. The highest BCUT2D eigenvalue weighted by atomic mass is 35.5. The van der Waals surface area contributed by atoms with Crippen molar-refractivity contribution in [2.45, 2.75) is 25.9 Å². The maximum absolute atomic E-state index is 11.4. The van der Waals surface area contributed by atoms with Crippen LogP contribution in [-0.4, -0.2) is 41.6 Å². The molecule has 1 aliphatic heterocycles. The van der Waals surface area contributed by atoms with Crippen LogP contribution in [0.3, 0.4) is 0 Å². The predicted octanol–water partition coefficient (Wildman–Crippen LogP) is 4.00. The third kappa shape index (κ3) is 5.81. The van der Waals surface area contributed by atoms with Crippen LogP contribution >= 0.6 is 11.6 Å². The van der Waals surface area contributed by atoms with Gasteiger partial charge in [-0.15, -0.1) is 0 Å². The van der Waals surface area contributed by atoms with Gasteiger partial charge in [-0.1, -0.05) is 41.9 Å². The second-order valence-electron chi connectivity index (χ2n) is 6.54. The first-order valence-electron chi connectivity index (χ1n) is 9.17. The molecule has 142 valence electrons. The van der Waals surface area contributed by atoms with Gasteiger partial charge in [0.2, 0.25) is 0 Å². The number of hydrogen-bond donors (Lipinski definition) is 1. The van der Waals surface area contributed by atoms with E-state index in [1.807, 2.05) is 6.07 Å². The molecule has 1 aromatic heterocycles. The van der Waals surface area contributed by atoms with Gasteiger partial charge in [0.15, 0.2) is 0 Å². The molecule has 5 nitrogen and oxygen atoms in total. The minimum absolute atomic E-state index is 0.319. The first-order valence-corrected chi connectivity index (χ1v) is 9.55. The van der Waals surface area contributed by atoms with Crippen LogP contribution < -0.4 is 5.32 Å². The lowest BCUT2D eigenvalue weighted by Crippen LogP contribution is -2.26. The van der Waals surface area contributed by atoms with Crippen LogP contribution in [0, 0.1) is 0 Å². The van der Waals surface area contributed by atoms with Crippen molar-refractivity contribution in [2.75, 3.05) is 25.0 Å². The summed E-state index contributed by atoms with van der Waals surface area (Å²) < 4.78 is 4.86. The number of ether oxygens (including phenoxy) is 1. The fourth-order valence-electron chi connectivity index (χ4n) is 3.13. The number of likely N-dealkylation sites (tertiary alicyclic amines) is 1. The van der Waals surface area contributed by atoms with Gasteiger partial charge in [-0.25, -0.2) is 9.78 Å². The van der Waals surface area contributed by atoms with Crippen molar-refractivity contribution >= 4 is 29.5 Å². The van der Waals surface area contributed by atoms with Crippen molar-refractivity contribution in [3.63, 3.8) is 0 Å². The maximum Gasteiger partial charge on any atom is 0.330 e. The van der Waals surface area contributed by atoms with Gasteiger partial charge in [-0.3, -0.25) is 4.90 Å². The normalized spacial score (nSPS) is 17.3. The van der Waals surface area contributed by atoms with Gasteiger partial charge in [0, 0.05) is 37.9 Å². The van der Waals surface area contributed by atoms with Gasteiger partial charge in [0.1, 0.15) is 5.82 Å². The van der Waals surface area contributed by atoms with Gasteiger partial charge in [0.05, 0.1) is 11.6 Å². The number of hydrogen-bond acceptors (Lipinski definition) is 5. The molecule has 0 spiro atoms. The average molecular weight is 386 g/mol. The number of carbonyl (C=O) groups is 1. The van der Waals surface area contributed by atoms with E-state index in [-0.39, 0.29) is 5.97 Å². The Kier molecular flexibility index (Phi) is 6.85. The molecule has 2 heterocycles. The summed E-state index contributed by atoms with van der Waals surface area (Å²) in [6, 6.07) is 12.6. The molecule has 27 heavy (non-hydrogen) atoms. The van der Waals surface area contributed by atoms with Crippen LogP contribution in [0.1, 0.15) is 24.5 Å². The zero-order valence-electron chi connectivity index (χ0n) is 15.4. The molecule has 1 N–H and O–H groups in total. The molecule has 0 bridgehead atoms. The number of aromatic nitrogens is 1. The summed E-state index contributed by atoms with van der Waals surface area (Å²) >= 11 is 6.36. The molecule has 1 fully saturated rings. The highest BCUT2D eigenvalue weighted by Crippen LogP contribution is 2.24. The number of nitrogens with one attached hydrogen (secondary N) is 1. The fourth-order valence-corrected chi connectivity index (χ4v) is 3.36. The molecule has 1 saturated heterocycles. The highest BCUT2D eigenvalue weighted by molar-refractivity contribution is 6.33. The number of rotatable bonds is 7. The monoisotopic (exact) mass is 385 g/mol. The molecular formula is C21H24ClN3O2. The second kappa shape index (κ2) is 9.53. The van der Waals surface area contributed by atoms with Gasteiger partial charge >= 0.3 is 5.97 Å². The molecule has 0 radical (unpaired) electrons. The highest BCUT2D eigenvalue weighted by Gasteiger charge is 2.23. The molecule has 1 atom stereocenters. The lowest BCUT2D eigenvalue weighted by molar-refractivity contribution is -0.137. The minimum Gasteiger partial charge on any atom is -0.463 e. The van der Waals surface area contributed by atoms with Crippen LogP contribution in [0.4, 0.5) is 5.82 Å². The number of anilines is 1. The molecule has 0 saturated carbocycles. The van der Waals surface area contributed by atoms with E-state index in [4.69, 9.17) is 16.3 Å². The van der Waals surface area contributed by atoms with Gasteiger partial charge in [-0.2, -0.15) is 0 Å². The standard InChI is InChI=1S/C21H24ClN3O2/c1-2-27-20(26)9-8-17-12-19(22)21(23-13-17)24-18-10-11-25(15-18)14-16-6-4-3-5-7-16/h3-9,12-13,18H,2,10-11,14-15H2,1H3,(H,23,24)/t18-/m0/s1. The molecule has 1 aromatic carbocycles. The van der Waals surface area contributed by atoms with Crippen molar-refractivity contribution in [1.82, 2.24) is 9.88 Å². The predicted molar refractivity (Wildman–Crippen MR) is 109 cm³/mol. The lowest BCUT2D eigenvalue weighted by Gasteiger charge is -2.17. The maximum atomic E-state index is 11.4. The number of carbonyl (C=O) groups excluding carboxylic acids is 1. The van der Waals surface area contributed by atoms with Gasteiger partial charge < -0.3 is 10.1 Å². The van der Waals surface area contributed by atoms with Crippen molar-refractivity contribution in [3.8, 4) is 0 Å². The molecule has 3 rings (SSSR count). The number of halogens is 1. The molecule has 0 amide bonds. The van der Waals surface area contributed by atoms with Crippen LogP contribution in [-0.2, 0) is 16.1 Å². The molecule has 2 aromatic rings. The van der Waals surface area contributed by atoms with Crippen LogP contribution in [0.2, 0.25) is 5.02 Å². The zero-order valence-corrected chi connectivity index (χ0v) is 16.2. The van der Waals surface area contributed by atoms with Crippen molar-refractivity contribution in [2.24, 2.45) is 0 Å². The Morgan fingerprint density at radius 2 is 2.22 bits per heavy atom. The SMILES string of the molecule is CCOC(=O)C=Cc1cnc(N[C@H]2CCN(Cc3ccccc3)C2)c(Cl)c1. The summed E-state index contributed by atoms with van der Waals surface area (Å²) in [6.45, 7) is 5.09. The summed E-state index contributed by atoms with van der Waals surface area (Å²) in [4.78, 5) is 18.2. The Balaban J connectivity index is 1.54. The van der Waals surface area contributed by atoms with Crippen LogP contribution in [0.15, 0.2) is 48.7 Å². The molecule has 0 unspecified atom stereocenters. The molecule has 0 aliphatic carbocycles. The average Bonchev–Trinajstić information content (AvgIpc) is 3.10. The van der Waals surface area contributed by atoms with E-state index < -0.39 is 0 Å². The second-order valence-corrected chi connectivity index (χ2v) is 6.94. The summed E-state index contributed by atoms with van der Waals surface area (Å²) in [5.41, 5.74) is 2.09. The Labute approximate surface area is 165 Å². The summed E-state index contributed by atoms with van der Waals surface area (Å²) in [6.07, 6.45) is 5.77. The minimum atomic E-state index is -0.375. The van der Waals surface area contributed by atoms with E-state index in [1.165, 1.54) is 11.6 Å². The molecular weight excluding hydrogens is 362 g/mol. The van der Waals surface area contributed by atoms with E-state index in [1.54, 1.807) is 25.3 Å². The lowest BCUT2D eigenvalue weighted by atomic mass is 10.2. The van der Waals surface area contributed by atoms with Crippen LogP contribution in [0.25, 0.3) is 6.08 Å². The zero-order chi connectivity index (χ0) is 19.1. The topological polar surface area (TPSA) is 54.5 Å². The largest absolute Gasteiger partial charge is 0.463 e. The fraction of sp³-hybridized carbons (Fsp3) is 0.333. The Morgan fingerprint density at radius 3 is 2.96 bits per heavy atom. The molecule has 6 heteroatoms.